The number of aromatic hydroxyl groups is 1. The molecule has 0 spiro atoms. The van der Waals surface area contributed by atoms with Crippen molar-refractivity contribution < 1.29 is 5.11 Å². The fourth-order valence-corrected chi connectivity index (χ4v) is 2.86. The highest BCUT2D eigenvalue weighted by molar-refractivity contribution is 6.17. The summed E-state index contributed by atoms with van der Waals surface area (Å²) in [5.41, 5.74) is 0.364. The van der Waals surface area contributed by atoms with Crippen molar-refractivity contribution in [2.75, 3.05) is 17.7 Å². The Hall–Kier alpha value is -1.48. The molecule has 0 amide bonds. The first-order valence-electron chi connectivity index (χ1n) is 6.60. The molecule has 1 heterocycles. The molecule has 0 aliphatic heterocycles. The second-order valence-corrected chi connectivity index (χ2v) is 5.74. The van der Waals surface area contributed by atoms with Crippen LogP contribution in [-0.4, -0.2) is 22.5 Å². The molecule has 0 radical (unpaired) electrons. The number of nitrogens with zero attached hydrogens (tertiary/aromatic N) is 1. The molecule has 3 nitrogen and oxygen atoms in total. The lowest BCUT2D eigenvalue weighted by Gasteiger charge is -2.16. The van der Waals surface area contributed by atoms with Crippen LogP contribution in [0.5, 0.6) is 5.75 Å². The first kappa shape index (κ1) is 12.5. The maximum absolute atomic E-state index is 9.61. The van der Waals surface area contributed by atoms with Crippen LogP contribution in [0.15, 0.2) is 30.5 Å². The third-order valence-corrected chi connectivity index (χ3v) is 4.15. The van der Waals surface area contributed by atoms with Crippen molar-refractivity contribution in [2.24, 2.45) is 5.41 Å². The predicted octanol–water partition coefficient (Wildman–Crippen LogP) is 3.76. The number of hydrogen-bond donors (Lipinski definition) is 2. The first-order chi connectivity index (χ1) is 9.22. The highest BCUT2D eigenvalue weighted by atomic mass is 35.5. The molecule has 0 saturated heterocycles. The third-order valence-electron chi connectivity index (χ3n) is 3.96. The van der Waals surface area contributed by atoms with Crippen LogP contribution in [0.3, 0.4) is 0 Å². The monoisotopic (exact) mass is 276 g/mol. The molecule has 1 fully saturated rings. The normalized spacial score (nSPS) is 16.5. The largest absolute Gasteiger partial charge is 0.508 e. The van der Waals surface area contributed by atoms with Gasteiger partial charge in [-0.2, -0.15) is 0 Å². The summed E-state index contributed by atoms with van der Waals surface area (Å²) in [6, 6.07) is 7.31. The van der Waals surface area contributed by atoms with E-state index in [1.807, 2.05) is 12.1 Å². The zero-order valence-corrected chi connectivity index (χ0v) is 11.5. The van der Waals surface area contributed by atoms with E-state index in [0.29, 0.717) is 11.3 Å². The summed E-state index contributed by atoms with van der Waals surface area (Å²) >= 11 is 5.85. The minimum Gasteiger partial charge on any atom is -0.508 e. The van der Waals surface area contributed by atoms with Crippen LogP contribution in [0.2, 0.25) is 0 Å². The molecule has 4 heteroatoms. The second-order valence-electron chi connectivity index (χ2n) is 5.36. The van der Waals surface area contributed by atoms with Crippen molar-refractivity contribution in [3.8, 4) is 5.75 Å². The lowest BCUT2D eigenvalue weighted by atomic mass is 10.0. The quantitative estimate of drug-likeness (QED) is 0.818. The number of anilines is 1. The number of aromatic nitrogens is 1. The lowest BCUT2D eigenvalue weighted by Crippen LogP contribution is -2.16. The number of hydrogen-bond acceptors (Lipinski definition) is 3. The van der Waals surface area contributed by atoms with Gasteiger partial charge in [0.1, 0.15) is 11.6 Å². The van der Waals surface area contributed by atoms with Crippen LogP contribution in [0.25, 0.3) is 10.8 Å². The Morgan fingerprint density at radius 2 is 2.16 bits per heavy atom. The van der Waals surface area contributed by atoms with E-state index < -0.39 is 0 Å². The molecule has 100 valence electrons. The van der Waals surface area contributed by atoms with Gasteiger partial charge in [0.15, 0.2) is 0 Å². The average Bonchev–Trinajstić information content (AvgIpc) is 3.17. The Morgan fingerprint density at radius 3 is 2.89 bits per heavy atom. The van der Waals surface area contributed by atoms with Gasteiger partial charge >= 0.3 is 0 Å². The Labute approximate surface area is 117 Å². The van der Waals surface area contributed by atoms with E-state index >= 15 is 0 Å². The van der Waals surface area contributed by atoms with Crippen LogP contribution < -0.4 is 5.32 Å². The molecule has 1 aromatic heterocycles. The Kier molecular flexibility index (Phi) is 3.23. The molecular formula is C15H17ClN2O. The van der Waals surface area contributed by atoms with Crippen molar-refractivity contribution in [3.63, 3.8) is 0 Å². The molecule has 1 aliphatic rings. The number of rotatable bonds is 5. The van der Waals surface area contributed by atoms with Crippen LogP contribution in [0.1, 0.15) is 19.3 Å². The van der Waals surface area contributed by atoms with Crippen molar-refractivity contribution in [1.29, 1.82) is 0 Å². The van der Waals surface area contributed by atoms with Gasteiger partial charge in [0.25, 0.3) is 0 Å². The van der Waals surface area contributed by atoms with Crippen molar-refractivity contribution >= 4 is 28.2 Å². The number of alkyl halides is 1. The Balaban J connectivity index is 1.83. The SMILES string of the molecule is Oc1ccc2ccnc(NCC3(CCCl)CC3)c2c1. The standard InChI is InChI=1S/C15H17ClN2O/c16-7-6-15(4-5-15)10-18-14-13-9-12(19)2-1-11(13)3-8-17-14/h1-3,8-9,19H,4-7,10H2,(H,17,18). The van der Waals surface area contributed by atoms with Gasteiger partial charge in [-0.25, -0.2) is 4.98 Å². The molecule has 3 rings (SSSR count). The third kappa shape index (κ3) is 2.61. The minimum absolute atomic E-state index is 0.269. The summed E-state index contributed by atoms with van der Waals surface area (Å²) in [4.78, 5) is 4.38. The van der Waals surface area contributed by atoms with Crippen molar-refractivity contribution in [2.45, 2.75) is 19.3 Å². The summed E-state index contributed by atoms with van der Waals surface area (Å²) in [7, 11) is 0. The number of nitrogens with one attached hydrogen (secondary N) is 1. The van der Waals surface area contributed by atoms with Crippen LogP contribution in [0, 0.1) is 5.41 Å². The molecular weight excluding hydrogens is 260 g/mol. The van der Waals surface area contributed by atoms with E-state index in [-0.39, 0.29) is 5.75 Å². The van der Waals surface area contributed by atoms with Crippen molar-refractivity contribution in [1.82, 2.24) is 4.98 Å². The molecule has 0 bridgehead atoms. The zero-order valence-electron chi connectivity index (χ0n) is 10.7. The van der Waals surface area contributed by atoms with Gasteiger partial charge in [-0.05, 0) is 48.3 Å². The van der Waals surface area contributed by atoms with Crippen LogP contribution >= 0.6 is 11.6 Å². The maximum atomic E-state index is 9.61. The fraction of sp³-hybridized carbons (Fsp3) is 0.400. The predicted molar refractivity (Wildman–Crippen MR) is 78.9 cm³/mol. The van der Waals surface area contributed by atoms with E-state index in [4.69, 9.17) is 11.6 Å². The highest BCUT2D eigenvalue weighted by Crippen LogP contribution is 2.49. The number of benzene rings is 1. The molecule has 0 unspecified atom stereocenters. The molecule has 1 aromatic carbocycles. The molecule has 1 saturated carbocycles. The lowest BCUT2D eigenvalue weighted by molar-refractivity contribution is 0.476. The second kappa shape index (κ2) is 4.89. The Bertz CT molecular complexity index is 596. The maximum Gasteiger partial charge on any atom is 0.133 e. The van der Waals surface area contributed by atoms with E-state index in [1.54, 1.807) is 18.3 Å². The highest BCUT2D eigenvalue weighted by Gasteiger charge is 2.41. The van der Waals surface area contributed by atoms with Crippen LogP contribution in [0.4, 0.5) is 5.82 Å². The average molecular weight is 277 g/mol. The molecule has 19 heavy (non-hydrogen) atoms. The molecule has 0 atom stereocenters. The van der Waals surface area contributed by atoms with Gasteiger partial charge < -0.3 is 10.4 Å². The van der Waals surface area contributed by atoms with Crippen molar-refractivity contribution in [3.05, 3.63) is 30.5 Å². The number of phenols is 1. The number of fused-ring (bicyclic) bond motifs is 1. The number of halogens is 1. The fourth-order valence-electron chi connectivity index (χ4n) is 2.46. The molecule has 2 aromatic rings. The van der Waals surface area contributed by atoms with E-state index in [0.717, 1.165) is 29.6 Å². The number of pyridine rings is 1. The van der Waals surface area contributed by atoms with E-state index in [1.165, 1.54) is 12.8 Å². The summed E-state index contributed by atoms with van der Waals surface area (Å²) < 4.78 is 0. The van der Waals surface area contributed by atoms with Gasteiger partial charge in [0.05, 0.1) is 0 Å². The Morgan fingerprint density at radius 1 is 1.32 bits per heavy atom. The molecule has 1 aliphatic carbocycles. The first-order valence-corrected chi connectivity index (χ1v) is 7.14. The van der Waals surface area contributed by atoms with Gasteiger partial charge in [0, 0.05) is 24.0 Å². The van der Waals surface area contributed by atoms with Gasteiger partial charge in [-0.3, -0.25) is 0 Å². The molecule has 2 N–H and O–H groups in total. The van der Waals surface area contributed by atoms with E-state index in [2.05, 4.69) is 10.3 Å². The number of phenolic OH excluding ortho intramolecular Hbond substituents is 1. The summed E-state index contributed by atoms with van der Waals surface area (Å²) in [6.07, 6.45) is 5.33. The van der Waals surface area contributed by atoms with E-state index in [9.17, 15) is 5.11 Å². The summed E-state index contributed by atoms with van der Waals surface area (Å²) in [5, 5.41) is 15.1. The topological polar surface area (TPSA) is 45.2 Å². The smallest absolute Gasteiger partial charge is 0.133 e. The minimum atomic E-state index is 0.269. The van der Waals surface area contributed by atoms with Crippen LogP contribution in [-0.2, 0) is 0 Å². The summed E-state index contributed by atoms with van der Waals surface area (Å²) in [6.45, 7) is 0.904. The van der Waals surface area contributed by atoms with Gasteiger partial charge in [-0.15, -0.1) is 11.6 Å². The summed E-state index contributed by atoms with van der Waals surface area (Å²) in [5.74, 6) is 1.82. The van der Waals surface area contributed by atoms with Gasteiger partial charge in [-0.1, -0.05) is 6.07 Å². The van der Waals surface area contributed by atoms with Gasteiger partial charge in [0.2, 0.25) is 0 Å². The zero-order chi connectivity index (χ0) is 13.3.